The first kappa shape index (κ1) is 20.7. The molecular formula is C22H25N5O5. The van der Waals surface area contributed by atoms with E-state index in [9.17, 15) is 14.9 Å². The quantitative estimate of drug-likeness (QED) is 0.532. The standard InChI is InChI=1S/C22H25N5O5/c28-22(18-12-23-24-21(18)16-2-4-17(5-3-16)27(29)30)26-9-7-25(8-10-26)13-15-1-6-19-20(11-15)32-14-31-19/h1-6,11,18,21,23-24H,7-10,12-14H2. The first-order valence-corrected chi connectivity index (χ1v) is 10.7. The summed E-state index contributed by atoms with van der Waals surface area (Å²) in [5.41, 5.74) is 8.30. The summed E-state index contributed by atoms with van der Waals surface area (Å²) in [5.74, 6) is 1.42. The maximum atomic E-state index is 13.2. The normalized spacial score (nSPS) is 22.8. The summed E-state index contributed by atoms with van der Waals surface area (Å²) in [5, 5.41) is 10.9. The molecule has 0 radical (unpaired) electrons. The molecule has 0 spiro atoms. The third-order valence-corrected chi connectivity index (χ3v) is 6.29. The number of benzene rings is 2. The average molecular weight is 439 g/mol. The maximum absolute atomic E-state index is 13.2. The molecule has 2 N–H and O–H groups in total. The van der Waals surface area contributed by atoms with Crippen molar-refractivity contribution in [3.8, 4) is 11.5 Å². The number of non-ortho nitro benzene ring substituents is 1. The van der Waals surface area contributed by atoms with Crippen molar-refractivity contribution in [2.75, 3.05) is 39.5 Å². The van der Waals surface area contributed by atoms with Gasteiger partial charge < -0.3 is 14.4 Å². The van der Waals surface area contributed by atoms with Gasteiger partial charge in [-0.25, -0.2) is 5.43 Å². The van der Waals surface area contributed by atoms with Gasteiger partial charge in [-0.15, -0.1) is 0 Å². The molecule has 2 unspecified atom stereocenters. The zero-order valence-corrected chi connectivity index (χ0v) is 17.5. The van der Waals surface area contributed by atoms with Crippen LogP contribution in [0.4, 0.5) is 5.69 Å². The fourth-order valence-electron chi connectivity index (χ4n) is 4.50. The minimum atomic E-state index is -0.421. The number of hydrogen-bond donors (Lipinski definition) is 2. The van der Waals surface area contributed by atoms with Crippen LogP contribution in [0.25, 0.3) is 0 Å². The number of hydrazine groups is 1. The lowest BCUT2D eigenvalue weighted by molar-refractivity contribution is -0.384. The SMILES string of the molecule is O=C(C1CNNC1c1ccc([N+](=O)[O-])cc1)N1CCN(Cc2ccc3c(c2)OCO3)CC1. The van der Waals surface area contributed by atoms with Crippen molar-refractivity contribution in [2.24, 2.45) is 5.92 Å². The van der Waals surface area contributed by atoms with Crippen LogP contribution in [0.3, 0.4) is 0 Å². The summed E-state index contributed by atoms with van der Waals surface area (Å²) in [4.78, 5) is 28.0. The Morgan fingerprint density at radius 3 is 2.56 bits per heavy atom. The van der Waals surface area contributed by atoms with E-state index in [1.807, 2.05) is 17.0 Å². The van der Waals surface area contributed by atoms with Gasteiger partial charge in [0.1, 0.15) is 0 Å². The van der Waals surface area contributed by atoms with Gasteiger partial charge in [0.2, 0.25) is 12.7 Å². The predicted octanol–water partition coefficient (Wildman–Crippen LogP) is 1.43. The number of amides is 1. The molecule has 5 rings (SSSR count). The molecule has 1 amide bonds. The molecule has 3 heterocycles. The maximum Gasteiger partial charge on any atom is 0.269 e. The second-order valence-corrected chi connectivity index (χ2v) is 8.25. The van der Waals surface area contributed by atoms with E-state index in [1.54, 1.807) is 12.1 Å². The Morgan fingerprint density at radius 2 is 1.81 bits per heavy atom. The Bertz CT molecular complexity index is 1010. The van der Waals surface area contributed by atoms with Crippen molar-refractivity contribution in [1.82, 2.24) is 20.7 Å². The van der Waals surface area contributed by atoms with E-state index < -0.39 is 4.92 Å². The first-order chi connectivity index (χ1) is 15.6. The molecule has 3 aliphatic rings. The van der Waals surface area contributed by atoms with Crippen LogP contribution < -0.4 is 20.3 Å². The number of nitrogens with one attached hydrogen (secondary N) is 2. The van der Waals surface area contributed by atoms with Gasteiger partial charge in [0.05, 0.1) is 16.9 Å². The molecule has 0 saturated carbocycles. The molecule has 168 valence electrons. The van der Waals surface area contributed by atoms with Crippen LogP contribution in [0.15, 0.2) is 42.5 Å². The number of hydrogen-bond acceptors (Lipinski definition) is 8. The highest BCUT2D eigenvalue weighted by Gasteiger charge is 2.37. The summed E-state index contributed by atoms with van der Waals surface area (Å²) in [6.45, 7) is 4.55. The summed E-state index contributed by atoms with van der Waals surface area (Å²) >= 11 is 0. The third kappa shape index (κ3) is 4.12. The molecule has 2 fully saturated rings. The fraction of sp³-hybridized carbons (Fsp3) is 0.409. The molecular weight excluding hydrogens is 414 g/mol. The molecule has 2 aromatic carbocycles. The summed E-state index contributed by atoms with van der Waals surface area (Å²) in [6, 6.07) is 12.2. The Morgan fingerprint density at radius 1 is 1.06 bits per heavy atom. The molecule has 0 bridgehead atoms. The number of nitro benzene ring substituents is 1. The number of ether oxygens (including phenoxy) is 2. The van der Waals surface area contributed by atoms with Gasteiger partial charge >= 0.3 is 0 Å². The molecule has 0 aliphatic carbocycles. The van der Waals surface area contributed by atoms with Crippen molar-refractivity contribution in [2.45, 2.75) is 12.6 Å². The largest absolute Gasteiger partial charge is 0.454 e. The lowest BCUT2D eigenvalue weighted by Crippen LogP contribution is -2.50. The second-order valence-electron chi connectivity index (χ2n) is 8.25. The smallest absolute Gasteiger partial charge is 0.269 e. The zero-order chi connectivity index (χ0) is 22.1. The van der Waals surface area contributed by atoms with E-state index in [2.05, 4.69) is 21.8 Å². The molecule has 3 aliphatic heterocycles. The zero-order valence-electron chi connectivity index (χ0n) is 17.5. The van der Waals surface area contributed by atoms with Crippen molar-refractivity contribution >= 4 is 11.6 Å². The van der Waals surface area contributed by atoms with Gasteiger partial charge in [-0.1, -0.05) is 18.2 Å². The number of nitro groups is 1. The van der Waals surface area contributed by atoms with Gasteiger partial charge in [-0.05, 0) is 23.3 Å². The van der Waals surface area contributed by atoms with Crippen LogP contribution in [0.1, 0.15) is 17.2 Å². The van der Waals surface area contributed by atoms with Crippen molar-refractivity contribution in [1.29, 1.82) is 0 Å². The topological polar surface area (TPSA) is 109 Å². The van der Waals surface area contributed by atoms with E-state index >= 15 is 0 Å². The lowest BCUT2D eigenvalue weighted by atomic mass is 9.93. The lowest BCUT2D eigenvalue weighted by Gasteiger charge is -2.36. The summed E-state index contributed by atoms with van der Waals surface area (Å²) < 4.78 is 10.8. The minimum Gasteiger partial charge on any atom is -0.454 e. The highest BCUT2D eigenvalue weighted by molar-refractivity contribution is 5.80. The van der Waals surface area contributed by atoms with Crippen LogP contribution in [-0.2, 0) is 11.3 Å². The molecule has 0 aromatic heterocycles. The van der Waals surface area contributed by atoms with Crippen molar-refractivity contribution in [3.05, 3.63) is 63.7 Å². The van der Waals surface area contributed by atoms with Crippen LogP contribution in [-0.4, -0.2) is 60.1 Å². The van der Waals surface area contributed by atoms with E-state index in [0.29, 0.717) is 19.6 Å². The van der Waals surface area contributed by atoms with Gasteiger partial charge in [-0.2, -0.15) is 0 Å². The number of carbonyl (C=O) groups excluding carboxylic acids is 1. The van der Waals surface area contributed by atoms with Gasteiger partial charge in [0.25, 0.3) is 5.69 Å². The van der Waals surface area contributed by atoms with E-state index in [1.165, 1.54) is 12.1 Å². The van der Waals surface area contributed by atoms with Gasteiger partial charge in [-0.3, -0.25) is 25.2 Å². The first-order valence-electron chi connectivity index (χ1n) is 10.7. The highest BCUT2D eigenvalue weighted by atomic mass is 16.7. The van der Waals surface area contributed by atoms with E-state index in [0.717, 1.165) is 42.3 Å². The molecule has 10 heteroatoms. The van der Waals surface area contributed by atoms with Crippen molar-refractivity contribution in [3.63, 3.8) is 0 Å². The van der Waals surface area contributed by atoms with E-state index in [4.69, 9.17) is 9.47 Å². The van der Waals surface area contributed by atoms with Crippen LogP contribution in [0.2, 0.25) is 0 Å². The Kier molecular flexibility index (Phi) is 5.64. The summed E-state index contributed by atoms with van der Waals surface area (Å²) in [6.07, 6.45) is 0. The summed E-state index contributed by atoms with van der Waals surface area (Å²) in [7, 11) is 0. The second kappa shape index (κ2) is 8.73. The Hall–Kier alpha value is -3.21. The van der Waals surface area contributed by atoms with Crippen molar-refractivity contribution < 1.29 is 19.2 Å². The monoisotopic (exact) mass is 439 g/mol. The molecule has 2 saturated heterocycles. The van der Waals surface area contributed by atoms with E-state index in [-0.39, 0.29) is 30.3 Å². The highest BCUT2D eigenvalue weighted by Crippen LogP contribution is 2.33. The predicted molar refractivity (Wildman–Crippen MR) is 115 cm³/mol. The molecule has 2 aromatic rings. The number of rotatable bonds is 5. The Balaban J connectivity index is 1.18. The number of carbonyl (C=O) groups is 1. The minimum absolute atomic E-state index is 0.0427. The fourth-order valence-corrected chi connectivity index (χ4v) is 4.50. The van der Waals surface area contributed by atoms with Gasteiger partial charge in [0.15, 0.2) is 11.5 Å². The number of nitrogens with zero attached hydrogens (tertiary/aromatic N) is 3. The number of piperazine rings is 1. The van der Waals surface area contributed by atoms with Crippen LogP contribution in [0, 0.1) is 16.0 Å². The molecule has 32 heavy (non-hydrogen) atoms. The average Bonchev–Trinajstić information content (AvgIpc) is 3.48. The number of fused-ring (bicyclic) bond motifs is 1. The molecule has 10 nitrogen and oxygen atoms in total. The Labute approximate surface area is 185 Å². The van der Waals surface area contributed by atoms with Gasteiger partial charge in [0, 0.05) is 51.4 Å². The van der Waals surface area contributed by atoms with Crippen LogP contribution in [0.5, 0.6) is 11.5 Å². The third-order valence-electron chi connectivity index (χ3n) is 6.29. The van der Waals surface area contributed by atoms with Crippen LogP contribution >= 0.6 is 0 Å². The molecule has 2 atom stereocenters.